The third kappa shape index (κ3) is 2.94. The molecule has 1 amide bonds. The Morgan fingerprint density at radius 3 is 2.76 bits per heavy atom. The Balaban J connectivity index is 2.39. The third-order valence-electron chi connectivity index (χ3n) is 2.75. The fourth-order valence-electron chi connectivity index (χ4n) is 1.79. The summed E-state index contributed by atoms with van der Waals surface area (Å²) in [6.45, 7) is 1.72. The number of nitro groups is 1. The minimum Gasteiger partial charge on any atom is -0.392 e. The van der Waals surface area contributed by atoms with Crippen LogP contribution < -0.4 is 11.1 Å². The lowest BCUT2D eigenvalue weighted by molar-refractivity contribution is -0.384. The molecule has 2 rings (SSSR count). The van der Waals surface area contributed by atoms with Gasteiger partial charge in [-0.25, -0.2) is 4.39 Å². The Labute approximate surface area is 118 Å². The van der Waals surface area contributed by atoms with Gasteiger partial charge < -0.3 is 11.1 Å². The van der Waals surface area contributed by atoms with Crippen molar-refractivity contribution in [3.05, 3.63) is 57.7 Å². The maximum atomic E-state index is 13.8. The van der Waals surface area contributed by atoms with Crippen LogP contribution in [0.1, 0.15) is 16.1 Å². The van der Waals surface area contributed by atoms with Gasteiger partial charge in [-0.3, -0.25) is 19.9 Å². The van der Waals surface area contributed by atoms with Gasteiger partial charge in [0.25, 0.3) is 11.6 Å². The zero-order valence-electron chi connectivity index (χ0n) is 11.0. The Morgan fingerprint density at radius 1 is 1.43 bits per heavy atom. The van der Waals surface area contributed by atoms with Gasteiger partial charge in [-0.1, -0.05) is 0 Å². The number of pyridine rings is 1. The van der Waals surface area contributed by atoms with E-state index in [1.165, 1.54) is 12.3 Å². The minimum absolute atomic E-state index is 0.387. The van der Waals surface area contributed by atoms with Crippen LogP contribution in [0.4, 0.5) is 21.5 Å². The molecule has 0 radical (unpaired) electrons. The van der Waals surface area contributed by atoms with Crippen LogP contribution in [0, 0.1) is 22.9 Å². The van der Waals surface area contributed by atoms with E-state index in [4.69, 9.17) is 5.73 Å². The summed E-state index contributed by atoms with van der Waals surface area (Å²) in [5, 5.41) is 13.2. The van der Waals surface area contributed by atoms with E-state index in [1.54, 1.807) is 13.0 Å². The Bertz CT molecular complexity index is 733. The van der Waals surface area contributed by atoms with Crippen LogP contribution in [0.5, 0.6) is 0 Å². The van der Waals surface area contributed by atoms with E-state index in [0.717, 1.165) is 12.1 Å². The number of nitro benzene ring substituents is 1. The van der Waals surface area contributed by atoms with Crippen LogP contribution in [0.15, 0.2) is 30.5 Å². The smallest absolute Gasteiger partial charge is 0.293 e. The molecule has 1 aromatic carbocycles. The molecule has 0 fully saturated rings. The number of halogens is 1. The third-order valence-corrected chi connectivity index (χ3v) is 2.75. The standard InChI is InChI=1S/C13H11FN4O3/c1-7-6-8(4-5-16-7)17-13(19)11-9(14)2-3-10(12(11)15)18(20)21/h2-6H,15H2,1H3,(H,16,17,19). The van der Waals surface area contributed by atoms with Gasteiger partial charge in [0.15, 0.2) is 0 Å². The number of nitrogens with one attached hydrogen (secondary N) is 1. The maximum Gasteiger partial charge on any atom is 0.293 e. The number of rotatable bonds is 3. The minimum atomic E-state index is -0.929. The molecule has 21 heavy (non-hydrogen) atoms. The molecule has 1 heterocycles. The molecule has 0 aliphatic carbocycles. The van der Waals surface area contributed by atoms with Crippen LogP contribution in [0.25, 0.3) is 0 Å². The number of amides is 1. The molecule has 2 aromatic rings. The van der Waals surface area contributed by atoms with E-state index >= 15 is 0 Å². The molecule has 0 aliphatic rings. The highest BCUT2D eigenvalue weighted by atomic mass is 19.1. The van der Waals surface area contributed by atoms with Gasteiger partial charge in [-0.05, 0) is 25.1 Å². The zero-order valence-corrected chi connectivity index (χ0v) is 11.0. The van der Waals surface area contributed by atoms with E-state index in [-0.39, 0.29) is 0 Å². The molecular weight excluding hydrogens is 279 g/mol. The Hall–Kier alpha value is -3.03. The first-order chi connectivity index (χ1) is 9.90. The van der Waals surface area contributed by atoms with Crippen molar-refractivity contribution in [1.29, 1.82) is 0 Å². The second-order valence-electron chi connectivity index (χ2n) is 4.25. The maximum absolute atomic E-state index is 13.8. The van der Waals surface area contributed by atoms with Crippen LogP contribution in [-0.2, 0) is 0 Å². The number of nitrogen functional groups attached to an aromatic ring is 1. The summed E-state index contributed by atoms with van der Waals surface area (Å²) < 4.78 is 13.8. The van der Waals surface area contributed by atoms with Crippen molar-refractivity contribution in [2.24, 2.45) is 0 Å². The molecule has 0 unspecified atom stereocenters. The zero-order chi connectivity index (χ0) is 15.6. The molecular formula is C13H11FN4O3. The van der Waals surface area contributed by atoms with Gasteiger partial charge in [0.05, 0.1) is 4.92 Å². The monoisotopic (exact) mass is 290 g/mol. The number of carbonyl (C=O) groups is 1. The summed E-state index contributed by atoms with van der Waals surface area (Å²) in [5.41, 5.74) is 4.97. The average Bonchev–Trinajstić information content (AvgIpc) is 2.38. The van der Waals surface area contributed by atoms with E-state index in [1.807, 2.05) is 0 Å². The number of anilines is 2. The van der Waals surface area contributed by atoms with E-state index in [0.29, 0.717) is 11.4 Å². The summed E-state index contributed by atoms with van der Waals surface area (Å²) >= 11 is 0. The predicted octanol–water partition coefficient (Wildman–Crippen LogP) is 2.27. The van der Waals surface area contributed by atoms with Crippen molar-refractivity contribution >= 4 is 23.0 Å². The first kappa shape index (κ1) is 14.4. The molecule has 7 nitrogen and oxygen atoms in total. The van der Waals surface area contributed by atoms with Crippen LogP contribution in [0.2, 0.25) is 0 Å². The largest absolute Gasteiger partial charge is 0.392 e. The van der Waals surface area contributed by atoms with Crippen LogP contribution in [0.3, 0.4) is 0 Å². The topological polar surface area (TPSA) is 111 Å². The molecule has 0 bridgehead atoms. The Kier molecular flexibility index (Phi) is 3.79. The molecule has 0 saturated heterocycles. The highest BCUT2D eigenvalue weighted by Crippen LogP contribution is 2.28. The normalized spacial score (nSPS) is 10.2. The second kappa shape index (κ2) is 5.53. The summed E-state index contributed by atoms with van der Waals surface area (Å²) in [6, 6.07) is 4.83. The molecule has 0 spiro atoms. The first-order valence-electron chi connectivity index (χ1n) is 5.86. The van der Waals surface area contributed by atoms with Crippen molar-refractivity contribution < 1.29 is 14.1 Å². The van der Waals surface area contributed by atoms with Gasteiger partial charge in [0.1, 0.15) is 17.1 Å². The van der Waals surface area contributed by atoms with Gasteiger partial charge in [0, 0.05) is 23.6 Å². The molecule has 0 aliphatic heterocycles. The van der Waals surface area contributed by atoms with Crippen molar-refractivity contribution in [2.45, 2.75) is 6.92 Å². The van der Waals surface area contributed by atoms with Gasteiger partial charge in [-0.15, -0.1) is 0 Å². The predicted molar refractivity (Wildman–Crippen MR) is 74.4 cm³/mol. The van der Waals surface area contributed by atoms with Crippen LogP contribution >= 0.6 is 0 Å². The number of carbonyl (C=O) groups excluding carboxylic acids is 1. The average molecular weight is 290 g/mol. The molecule has 1 aromatic heterocycles. The number of nitrogens with two attached hydrogens (primary N) is 1. The van der Waals surface area contributed by atoms with Crippen LogP contribution in [-0.4, -0.2) is 15.8 Å². The fourth-order valence-corrected chi connectivity index (χ4v) is 1.79. The summed E-state index contributed by atoms with van der Waals surface area (Å²) in [4.78, 5) is 26.0. The lowest BCUT2D eigenvalue weighted by atomic mass is 10.1. The number of benzene rings is 1. The number of nitrogens with zero attached hydrogens (tertiary/aromatic N) is 2. The van der Waals surface area contributed by atoms with E-state index in [9.17, 15) is 19.3 Å². The van der Waals surface area contributed by atoms with E-state index < -0.39 is 33.6 Å². The summed E-state index contributed by atoms with van der Waals surface area (Å²) in [6.07, 6.45) is 1.47. The highest BCUT2D eigenvalue weighted by Gasteiger charge is 2.23. The number of aryl methyl sites for hydroxylation is 1. The van der Waals surface area contributed by atoms with Crippen molar-refractivity contribution in [3.63, 3.8) is 0 Å². The van der Waals surface area contributed by atoms with Crippen molar-refractivity contribution in [3.8, 4) is 0 Å². The number of aromatic nitrogens is 1. The second-order valence-corrected chi connectivity index (χ2v) is 4.25. The number of hydrogen-bond donors (Lipinski definition) is 2. The highest BCUT2D eigenvalue weighted by molar-refractivity contribution is 6.09. The van der Waals surface area contributed by atoms with Gasteiger partial charge in [-0.2, -0.15) is 0 Å². The summed E-state index contributed by atoms with van der Waals surface area (Å²) in [7, 11) is 0. The molecule has 3 N–H and O–H groups in total. The SMILES string of the molecule is Cc1cc(NC(=O)c2c(F)ccc([N+](=O)[O-])c2N)ccn1. The Morgan fingerprint density at radius 2 is 2.14 bits per heavy atom. The van der Waals surface area contributed by atoms with Crippen molar-refractivity contribution in [2.75, 3.05) is 11.1 Å². The van der Waals surface area contributed by atoms with Gasteiger partial charge in [0.2, 0.25) is 0 Å². The van der Waals surface area contributed by atoms with Crippen molar-refractivity contribution in [1.82, 2.24) is 4.98 Å². The quantitative estimate of drug-likeness (QED) is 0.511. The van der Waals surface area contributed by atoms with Gasteiger partial charge >= 0.3 is 0 Å². The lowest BCUT2D eigenvalue weighted by Crippen LogP contribution is -2.17. The fraction of sp³-hybridized carbons (Fsp3) is 0.0769. The number of hydrogen-bond acceptors (Lipinski definition) is 5. The molecule has 8 heteroatoms. The first-order valence-corrected chi connectivity index (χ1v) is 5.86. The summed E-state index contributed by atoms with van der Waals surface area (Å²) in [5.74, 6) is -1.79. The molecule has 108 valence electrons. The molecule has 0 saturated carbocycles. The molecule has 0 atom stereocenters. The van der Waals surface area contributed by atoms with E-state index in [2.05, 4.69) is 10.3 Å². The lowest BCUT2D eigenvalue weighted by Gasteiger charge is -2.09.